The Labute approximate surface area is 110 Å². The number of hydrogen-bond donors (Lipinski definition) is 2. The lowest BCUT2D eigenvalue weighted by atomic mass is 10.2. The topological polar surface area (TPSA) is 101 Å². The van der Waals surface area contributed by atoms with E-state index in [9.17, 15) is 4.79 Å². The molecule has 2 rings (SSSR count). The van der Waals surface area contributed by atoms with Crippen LogP contribution in [0.25, 0.3) is 0 Å². The summed E-state index contributed by atoms with van der Waals surface area (Å²) in [4.78, 5) is 12.2. The standard InChI is InChI=1S/C11H17N7O/c1-4-8-6-9(18(5-2)15-8)11(19)12-7(3)10-13-16-17-14-10/h6-7H,4-5H2,1-3H3,(H,12,19)(H,13,14,16,17). The maximum absolute atomic E-state index is 12.2. The van der Waals surface area contributed by atoms with E-state index >= 15 is 0 Å². The molecule has 0 radical (unpaired) electrons. The Morgan fingerprint density at radius 3 is 2.89 bits per heavy atom. The summed E-state index contributed by atoms with van der Waals surface area (Å²) in [5, 5.41) is 20.7. The third-order valence-corrected chi connectivity index (χ3v) is 2.82. The van der Waals surface area contributed by atoms with Gasteiger partial charge in [0, 0.05) is 6.54 Å². The van der Waals surface area contributed by atoms with Crippen molar-refractivity contribution >= 4 is 5.91 Å². The van der Waals surface area contributed by atoms with E-state index < -0.39 is 0 Å². The summed E-state index contributed by atoms with van der Waals surface area (Å²) in [6, 6.07) is 1.50. The maximum Gasteiger partial charge on any atom is 0.270 e. The van der Waals surface area contributed by atoms with E-state index in [0.717, 1.165) is 12.1 Å². The summed E-state index contributed by atoms with van der Waals surface area (Å²) in [7, 11) is 0. The molecule has 1 atom stereocenters. The van der Waals surface area contributed by atoms with Crippen molar-refractivity contribution in [3.8, 4) is 0 Å². The molecular weight excluding hydrogens is 246 g/mol. The molecule has 0 fully saturated rings. The monoisotopic (exact) mass is 263 g/mol. The Hall–Kier alpha value is -2.25. The smallest absolute Gasteiger partial charge is 0.270 e. The van der Waals surface area contributed by atoms with E-state index in [1.165, 1.54) is 0 Å². The molecule has 0 aromatic carbocycles. The minimum absolute atomic E-state index is 0.189. The molecule has 2 aromatic heterocycles. The second-order valence-corrected chi connectivity index (χ2v) is 4.16. The Balaban J connectivity index is 2.13. The summed E-state index contributed by atoms with van der Waals surface area (Å²) in [6.45, 7) is 6.41. The Morgan fingerprint density at radius 2 is 2.32 bits per heavy atom. The highest BCUT2D eigenvalue weighted by Gasteiger charge is 2.18. The Bertz CT molecular complexity index is 545. The van der Waals surface area contributed by atoms with Crippen molar-refractivity contribution in [2.75, 3.05) is 0 Å². The maximum atomic E-state index is 12.2. The minimum atomic E-state index is -0.309. The third kappa shape index (κ3) is 2.78. The molecular formula is C11H17N7O. The summed E-state index contributed by atoms with van der Waals surface area (Å²) < 4.78 is 1.69. The molecule has 8 nitrogen and oxygen atoms in total. The number of tetrazole rings is 1. The quantitative estimate of drug-likeness (QED) is 0.816. The van der Waals surface area contributed by atoms with Crippen LogP contribution in [0.2, 0.25) is 0 Å². The van der Waals surface area contributed by atoms with Crippen molar-refractivity contribution in [2.24, 2.45) is 0 Å². The summed E-state index contributed by atoms with van der Waals surface area (Å²) in [5.41, 5.74) is 1.45. The van der Waals surface area contributed by atoms with Crippen LogP contribution in [0.15, 0.2) is 6.07 Å². The van der Waals surface area contributed by atoms with Crippen molar-refractivity contribution in [3.63, 3.8) is 0 Å². The van der Waals surface area contributed by atoms with Gasteiger partial charge in [0.1, 0.15) is 5.69 Å². The lowest BCUT2D eigenvalue weighted by Crippen LogP contribution is -2.29. The number of H-pyrrole nitrogens is 1. The molecule has 0 saturated heterocycles. The van der Waals surface area contributed by atoms with E-state index in [0.29, 0.717) is 18.1 Å². The predicted octanol–water partition coefficient (Wildman–Crippen LogP) is 0.469. The molecule has 0 aliphatic carbocycles. The van der Waals surface area contributed by atoms with Gasteiger partial charge in [-0.25, -0.2) is 0 Å². The molecule has 2 aromatic rings. The van der Waals surface area contributed by atoms with E-state index in [2.05, 4.69) is 31.0 Å². The number of nitrogens with zero attached hydrogens (tertiary/aromatic N) is 5. The second kappa shape index (κ2) is 5.59. The lowest BCUT2D eigenvalue weighted by molar-refractivity contribution is 0.0927. The van der Waals surface area contributed by atoms with E-state index in [-0.39, 0.29) is 11.9 Å². The summed E-state index contributed by atoms with van der Waals surface area (Å²) >= 11 is 0. The van der Waals surface area contributed by atoms with Gasteiger partial charge in [-0.2, -0.15) is 10.3 Å². The number of rotatable bonds is 5. The van der Waals surface area contributed by atoms with Crippen LogP contribution in [0.1, 0.15) is 48.8 Å². The zero-order valence-corrected chi connectivity index (χ0v) is 11.2. The van der Waals surface area contributed by atoms with Crippen molar-refractivity contribution in [3.05, 3.63) is 23.3 Å². The fourth-order valence-corrected chi connectivity index (χ4v) is 1.75. The van der Waals surface area contributed by atoms with Gasteiger partial charge in [0.2, 0.25) is 0 Å². The largest absolute Gasteiger partial charge is 0.341 e. The molecule has 1 amide bonds. The minimum Gasteiger partial charge on any atom is -0.341 e. The number of aromatic nitrogens is 6. The van der Waals surface area contributed by atoms with Gasteiger partial charge in [-0.1, -0.05) is 12.1 Å². The molecule has 2 N–H and O–H groups in total. The zero-order chi connectivity index (χ0) is 13.8. The van der Waals surface area contributed by atoms with E-state index in [1.54, 1.807) is 11.6 Å². The third-order valence-electron chi connectivity index (χ3n) is 2.82. The van der Waals surface area contributed by atoms with Crippen molar-refractivity contribution in [1.29, 1.82) is 0 Å². The lowest BCUT2D eigenvalue weighted by Gasteiger charge is -2.10. The highest BCUT2D eigenvalue weighted by molar-refractivity contribution is 5.92. The average Bonchev–Trinajstić information content (AvgIpc) is 3.07. The van der Waals surface area contributed by atoms with Gasteiger partial charge in [0.05, 0.1) is 11.7 Å². The predicted molar refractivity (Wildman–Crippen MR) is 67.3 cm³/mol. The molecule has 0 aliphatic heterocycles. The highest BCUT2D eigenvalue weighted by Crippen LogP contribution is 2.09. The SMILES string of the molecule is CCc1cc(C(=O)NC(C)c2nn[nH]n2)n(CC)n1. The number of amides is 1. The molecule has 1 unspecified atom stereocenters. The van der Waals surface area contributed by atoms with Crippen LogP contribution < -0.4 is 5.32 Å². The second-order valence-electron chi connectivity index (χ2n) is 4.16. The molecule has 2 heterocycles. The van der Waals surface area contributed by atoms with Crippen molar-refractivity contribution < 1.29 is 4.79 Å². The van der Waals surface area contributed by atoms with E-state index in [4.69, 9.17) is 0 Å². The first-order chi connectivity index (χ1) is 9.15. The van der Waals surface area contributed by atoms with Crippen molar-refractivity contribution in [1.82, 2.24) is 35.7 Å². The van der Waals surface area contributed by atoms with Crippen LogP contribution >= 0.6 is 0 Å². The van der Waals surface area contributed by atoms with Gasteiger partial charge in [-0.15, -0.1) is 10.2 Å². The molecule has 102 valence electrons. The average molecular weight is 263 g/mol. The number of aromatic amines is 1. The van der Waals surface area contributed by atoms with E-state index in [1.807, 2.05) is 19.9 Å². The Morgan fingerprint density at radius 1 is 1.53 bits per heavy atom. The van der Waals surface area contributed by atoms with Crippen LogP contribution in [0.5, 0.6) is 0 Å². The number of hydrogen-bond acceptors (Lipinski definition) is 5. The molecule has 0 saturated carbocycles. The first-order valence-electron chi connectivity index (χ1n) is 6.26. The molecule has 8 heteroatoms. The van der Waals surface area contributed by atoms with Gasteiger partial charge in [0.25, 0.3) is 5.91 Å². The molecule has 0 bridgehead atoms. The number of aryl methyl sites for hydroxylation is 2. The van der Waals surface area contributed by atoms with Gasteiger partial charge in [0.15, 0.2) is 5.82 Å². The van der Waals surface area contributed by atoms with Gasteiger partial charge in [-0.05, 0) is 26.3 Å². The van der Waals surface area contributed by atoms with Crippen LogP contribution in [0.3, 0.4) is 0 Å². The fourth-order valence-electron chi connectivity index (χ4n) is 1.75. The first-order valence-corrected chi connectivity index (χ1v) is 6.26. The number of carbonyl (C=O) groups is 1. The number of nitrogens with one attached hydrogen (secondary N) is 2. The first kappa shape index (κ1) is 13.2. The van der Waals surface area contributed by atoms with Crippen LogP contribution in [-0.4, -0.2) is 36.3 Å². The highest BCUT2D eigenvalue weighted by atomic mass is 16.2. The summed E-state index contributed by atoms with van der Waals surface area (Å²) in [6.07, 6.45) is 0.799. The van der Waals surface area contributed by atoms with Crippen LogP contribution in [0, 0.1) is 0 Å². The molecule has 0 aliphatic rings. The van der Waals surface area contributed by atoms with Gasteiger partial charge >= 0.3 is 0 Å². The fraction of sp³-hybridized carbons (Fsp3) is 0.545. The summed E-state index contributed by atoms with van der Waals surface area (Å²) in [5.74, 6) is 0.262. The van der Waals surface area contributed by atoms with Crippen molar-refractivity contribution in [2.45, 2.75) is 39.8 Å². The van der Waals surface area contributed by atoms with Crippen LogP contribution in [-0.2, 0) is 13.0 Å². The van der Waals surface area contributed by atoms with Gasteiger partial charge < -0.3 is 5.32 Å². The molecule has 0 spiro atoms. The van der Waals surface area contributed by atoms with Gasteiger partial charge in [-0.3, -0.25) is 9.48 Å². The Kier molecular flexibility index (Phi) is 3.88. The normalized spacial score (nSPS) is 12.4. The number of carbonyl (C=O) groups excluding carboxylic acids is 1. The molecule has 19 heavy (non-hydrogen) atoms. The zero-order valence-electron chi connectivity index (χ0n) is 11.2. The van der Waals surface area contributed by atoms with Crippen LogP contribution in [0.4, 0.5) is 0 Å².